The van der Waals surface area contributed by atoms with Crippen LogP contribution in [0.5, 0.6) is 5.75 Å². The third kappa shape index (κ3) is 3.26. The van der Waals surface area contributed by atoms with Crippen LogP contribution in [0.4, 0.5) is 0 Å². The van der Waals surface area contributed by atoms with Gasteiger partial charge in [-0.3, -0.25) is 0 Å². The molecule has 3 rings (SSSR count). The summed E-state index contributed by atoms with van der Waals surface area (Å²) in [4.78, 5) is 4.38. The highest BCUT2D eigenvalue weighted by molar-refractivity contribution is 5.60. The summed E-state index contributed by atoms with van der Waals surface area (Å²) in [6.45, 7) is 6.24. The van der Waals surface area contributed by atoms with Gasteiger partial charge < -0.3 is 13.8 Å². The van der Waals surface area contributed by atoms with Gasteiger partial charge in [0.1, 0.15) is 5.75 Å². The molecular formula is C17H19N3O3. The van der Waals surface area contributed by atoms with Crippen LogP contribution < -0.4 is 4.74 Å². The van der Waals surface area contributed by atoms with E-state index < -0.39 is 0 Å². The molecule has 2 heterocycles. The van der Waals surface area contributed by atoms with Crippen molar-refractivity contribution in [2.24, 2.45) is 5.92 Å². The number of methoxy groups -OCH3 is 1. The normalized spacial score (nSPS) is 11.2. The lowest BCUT2D eigenvalue weighted by molar-refractivity contribution is 0.380. The molecule has 1 aromatic carbocycles. The minimum Gasteiger partial charge on any atom is -0.496 e. The van der Waals surface area contributed by atoms with Crippen molar-refractivity contribution < 1.29 is 13.8 Å². The van der Waals surface area contributed by atoms with Crippen molar-refractivity contribution >= 4 is 0 Å². The van der Waals surface area contributed by atoms with E-state index in [9.17, 15) is 0 Å². The Hall–Kier alpha value is -2.63. The quantitative estimate of drug-likeness (QED) is 0.711. The van der Waals surface area contributed by atoms with Crippen molar-refractivity contribution in [3.05, 3.63) is 35.5 Å². The maximum atomic E-state index is 5.32. The van der Waals surface area contributed by atoms with Crippen molar-refractivity contribution in [3.63, 3.8) is 0 Å². The van der Waals surface area contributed by atoms with Gasteiger partial charge in [-0.1, -0.05) is 36.3 Å². The van der Waals surface area contributed by atoms with Gasteiger partial charge in [-0.2, -0.15) is 4.98 Å². The molecule has 0 fully saturated rings. The summed E-state index contributed by atoms with van der Waals surface area (Å²) in [7, 11) is 1.64. The number of aryl methyl sites for hydroxylation is 1. The smallest absolute Gasteiger partial charge is 0.296 e. The Balaban J connectivity index is 1.87. The van der Waals surface area contributed by atoms with E-state index in [1.165, 1.54) is 0 Å². The second kappa shape index (κ2) is 6.24. The van der Waals surface area contributed by atoms with E-state index in [1.807, 2.05) is 31.2 Å². The molecule has 0 amide bonds. The number of ether oxygens (including phenoxy) is 1. The standard InChI is InChI=1S/C17H19N3O3/c1-10(2)7-13-9-15(22-19-13)17-18-16(20-23-17)12-6-5-11(3)14(8-12)21-4/h5-6,8-10H,7H2,1-4H3. The molecule has 0 saturated carbocycles. The number of hydrogen-bond donors (Lipinski definition) is 0. The molecule has 2 aromatic heterocycles. The fourth-order valence-electron chi connectivity index (χ4n) is 2.33. The van der Waals surface area contributed by atoms with Crippen LogP contribution in [0.1, 0.15) is 25.1 Å². The van der Waals surface area contributed by atoms with Crippen molar-refractivity contribution in [1.82, 2.24) is 15.3 Å². The summed E-state index contributed by atoms with van der Waals surface area (Å²) in [6, 6.07) is 7.61. The predicted molar refractivity (Wildman–Crippen MR) is 85.1 cm³/mol. The minimum absolute atomic E-state index is 0.321. The summed E-state index contributed by atoms with van der Waals surface area (Å²) in [5.41, 5.74) is 2.75. The molecule has 0 atom stereocenters. The number of nitrogens with zero attached hydrogens (tertiary/aromatic N) is 3. The molecule has 120 valence electrons. The third-order valence-electron chi connectivity index (χ3n) is 3.48. The molecular weight excluding hydrogens is 294 g/mol. The number of rotatable bonds is 5. The first kappa shape index (κ1) is 15.3. The van der Waals surface area contributed by atoms with Crippen molar-refractivity contribution in [2.45, 2.75) is 27.2 Å². The van der Waals surface area contributed by atoms with Crippen LogP contribution in [0.2, 0.25) is 0 Å². The topological polar surface area (TPSA) is 74.2 Å². The molecule has 6 nitrogen and oxygen atoms in total. The van der Waals surface area contributed by atoms with Crippen LogP contribution in [-0.4, -0.2) is 22.4 Å². The first-order valence-electron chi connectivity index (χ1n) is 7.51. The Labute approximate surface area is 134 Å². The lowest BCUT2D eigenvalue weighted by Crippen LogP contribution is -1.92. The summed E-state index contributed by atoms with van der Waals surface area (Å²) in [5.74, 6) is 2.58. The Morgan fingerprint density at radius 1 is 1.13 bits per heavy atom. The van der Waals surface area contributed by atoms with Gasteiger partial charge in [-0.15, -0.1) is 0 Å². The fraction of sp³-hybridized carbons (Fsp3) is 0.353. The molecule has 0 spiro atoms. The van der Waals surface area contributed by atoms with Crippen molar-refractivity contribution in [2.75, 3.05) is 7.11 Å². The predicted octanol–water partition coefficient (Wildman–Crippen LogP) is 3.91. The molecule has 0 aliphatic heterocycles. The van der Waals surface area contributed by atoms with Gasteiger partial charge in [0.2, 0.25) is 11.6 Å². The zero-order valence-corrected chi connectivity index (χ0v) is 13.7. The summed E-state index contributed by atoms with van der Waals surface area (Å²) >= 11 is 0. The molecule has 0 aliphatic carbocycles. The van der Waals surface area contributed by atoms with Gasteiger partial charge in [-0.05, 0) is 30.9 Å². The van der Waals surface area contributed by atoms with E-state index in [1.54, 1.807) is 7.11 Å². The maximum Gasteiger partial charge on any atom is 0.296 e. The van der Waals surface area contributed by atoms with Gasteiger partial charge in [0, 0.05) is 11.6 Å². The van der Waals surface area contributed by atoms with Crippen LogP contribution >= 0.6 is 0 Å². The SMILES string of the molecule is COc1cc(-c2noc(-c3cc(CC(C)C)no3)n2)ccc1C. The van der Waals surface area contributed by atoms with Crippen LogP contribution in [0.15, 0.2) is 33.3 Å². The molecule has 0 unspecified atom stereocenters. The first-order chi connectivity index (χ1) is 11.1. The average molecular weight is 313 g/mol. The fourth-order valence-corrected chi connectivity index (χ4v) is 2.33. The molecule has 0 bridgehead atoms. The van der Waals surface area contributed by atoms with E-state index in [2.05, 4.69) is 29.1 Å². The van der Waals surface area contributed by atoms with Crippen LogP contribution in [0.25, 0.3) is 23.0 Å². The monoisotopic (exact) mass is 313 g/mol. The number of hydrogen-bond acceptors (Lipinski definition) is 6. The lowest BCUT2D eigenvalue weighted by Gasteiger charge is -2.04. The van der Waals surface area contributed by atoms with E-state index in [4.69, 9.17) is 13.8 Å². The lowest BCUT2D eigenvalue weighted by atomic mass is 10.1. The van der Waals surface area contributed by atoms with Gasteiger partial charge in [0.15, 0.2) is 0 Å². The van der Waals surface area contributed by atoms with Gasteiger partial charge in [0.25, 0.3) is 5.89 Å². The zero-order chi connectivity index (χ0) is 16.4. The van der Waals surface area contributed by atoms with Crippen molar-refractivity contribution in [3.8, 4) is 28.8 Å². The second-order valence-corrected chi connectivity index (χ2v) is 5.89. The highest BCUT2D eigenvalue weighted by atomic mass is 16.5. The minimum atomic E-state index is 0.321. The Bertz CT molecular complexity index is 805. The number of aromatic nitrogens is 3. The molecule has 0 saturated heterocycles. The van der Waals surface area contributed by atoms with Gasteiger partial charge >= 0.3 is 0 Å². The van der Waals surface area contributed by atoms with Gasteiger partial charge in [-0.25, -0.2) is 0 Å². The molecule has 23 heavy (non-hydrogen) atoms. The van der Waals surface area contributed by atoms with E-state index in [0.717, 1.165) is 29.0 Å². The molecule has 3 aromatic rings. The number of benzene rings is 1. The molecule has 0 aliphatic rings. The maximum absolute atomic E-state index is 5.32. The van der Waals surface area contributed by atoms with Crippen molar-refractivity contribution in [1.29, 1.82) is 0 Å². The zero-order valence-electron chi connectivity index (χ0n) is 13.7. The summed E-state index contributed by atoms with van der Waals surface area (Å²) in [5, 5.41) is 8.04. The molecule has 6 heteroatoms. The average Bonchev–Trinajstić information content (AvgIpc) is 3.16. The highest BCUT2D eigenvalue weighted by Crippen LogP contribution is 2.27. The van der Waals surface area contributed by atoms with Gasteiger partial charge in [0.05, 0.1) is 12.8 Å². The van der Waals surface area contributed by atoms with E-state index >= 15 is 0 Å². The van der Waals surface area contributed by atoms with E-state index in [-0.39, 0.29) is 0 Å². The highest BCUT2D eigenvalue weighted by Gasteiger charge is 2.16. The third-order valence-corrected chi connectivity index (χ3v) is 3.48. The van der Waals surface area contributed by atoms with Crippen LogP contribution in [0, 0.1) is 12.8 Å². The van der Waals surface area contributed by atoms with E-state index in [0.29, 0.717) is 23.4 Å². The molecule has 0 N–H and O–H groups in total. The van der Waals surface area contributed by atoms with Crippen LogP contribution in [0.3, 0.4) is 0 Å². The Morgan fingerprint density at radius 3 is 2.70 bits per heavy atom. The summed E-state index contributed by atoms with van der Waals surface area (Å²) in [6.07, 6.45) is 0.847. The van der Waals surface area contributed by atoms with Crippen LogP contribution in [-0.2, 0) is 6.42 Å². The largest absolute Gasteiger partial charge is 0.496 e. The second-order valence-electron chi connectivity index (χ2n) is 5.89. The Morgan fingerprint density at radius 2 is 1.96 bits per heavy atom. The summed E-state index contributed by atoms with van der Waals surface area (Å²) < 4.78 is 15.9. The first-order valence-corrected chi connectivity index (χ1v) is 7.51. The molecule has 0 radical (unpaired) electrons. The Kier molecular flexibility index (Phi) is 4.14.